The first-order valence-corrected chi connectivity index (χ1v) is 8.95. The Kier molecular flexibility index (Phi) is 5.19. The van der Waals surface area contributed by atoms with E-state index in [4.69, 9.17) is 23.2 Å². The molecular weight excluding hydrogens is 361 g/mol. The van der Waals surface area contributed by atoms with Crippen LogP contribution in [0.4, 0.5) is 5.82 Å². The number of nitrogens with zero attached hydrogens (tertiary/aromatic N) is 3. The third-order valence-electron chi connectivity index (χ3n) is 3.54. The standard InChI is InChI=1S/C18H15Cl2N3S/c1-3-9-23(10-4-2)16-15-14(12-5-7-13(19)8-6-12)11-24-17(15)22-18(20)21-16/h3-8,11H,1-2,9-10H2. The molecule has 1 aromatic carbocycles. The maximum absolute atomic E-state index is 6.13. The highest BCUT2D eigenvalue weighted by Crippen LogP contribution is 2.39. The molecule has 0 aliphatic heterocycles. The largest absolute Gasteiger partial charge is 0.348 e. The number of fused-ring (bicyclic) bond motifs is 1. The molecule has 0 bridgehead atoms. The summed E-state index contributed by atoms with van der Waals surface area (Å²) in [5, 5.41) is 4.00. The SMILES string of the molecule is C=CCN(CC=C)c1nc(Cl)nc2scc(-c3ccc(Cl)cc3)c12. The average molecular weight is 376 g/mol. The number of aromatic nitrogens is 2. The predicted octanol–water partition coefficient (Wildman–Crippen LogP) is 5.84. The lowest BCUT2D eigenvalue weighted by molar-refractivity contribution is 0.929. The van der Waals surface area contributed by atoms with Gasteiger partial charge in [0.1, 0.15) is 10.6 Å². The van der Waals surface area contributed by atoms with E-state index in [1.54, 1.807) is 11.3 Å². The number of anilines is 1. The van der Waals surface area contributed by atoms with Gasteiger partial charge in [-0.3, -0.25) is 0 Å². The van der Waals surface area contributed by atoms with Crippen LogP contribution in [0.3, 0.4) is 0 Å². The van der Waals surface area contributed by atoms with Crippen molar-refractivity contribution in [3.63, 3.8) is 0 Å². The maximum atomic E-state index is 6.13. The molecule has 0 amide bonds. The fraction of sp³-hybridized carbons (Fsp3) is 0.111. The Labute approximate surface area is 154 Å². The zero-order valence-electron chi connectivity index (χ0n) is 12.9. The van der Waals surface area contributed by atoms with Crippen LogP contribution in [0.5, 0.6) is 0 Å². The molecule has 0 unspecified atom stereocenters. The summed E-state index contributed by atoms with van der Waals surface area (Å²) in [6.07, 6.45) is 3.67. The first-order chi connectivity index (χ1) is 11.6. The Balaban J connectivity index is 2.23. The van der Waals surface area contributed by atoms with E-state index in [0.717, 1.165) is 27.2 Å². The molecule has 0 N–H and O–H groups in total. The fourth-order valence-electron chi connectivity index (χ4n) is 2.53. The van der Waals surface area contributed by atoms with Crippen LogP contribution < -0.4 is 4.90 Å². The molecule has 0 fully saturated rings. The van der Waals surface area contributed by atoms with Crippen molar-refractivity contribution in [1.29, 1.82) is 0 Å². The van der Waals surface area contributed by atoms with Crippen molar-refractivity contribution in [2.24, 2.45) is 0 Å². The second-order valence-corrected chi connectivity index (χ2v) is 6.77. The molecule has 3 aromatic rings. The van der Waals surface area contributed by atoms with Gasteiger partial charge in [0.25, 0.3) is 0 Å². The van der Waals surface area contributed by atoms with Gasteiger partial charge in [0.05, 0.1) is 5.39 Å². The van der Waals surface area contributed by atoms with E-state index in [-0.39, 0.29) is 5.28 Å². The zero-order chi connectivity index (χ0) is 17.1. The highest BCUT2D eigenvalue weighted by molar-refractivity contribution is 7.17. The summed E-state index contributed by atoms with van der Waals surface area (Å²) in [7, 11) is 0. The fourth-order valence-corrected chi connectivity index (χ4v) is 3.81. The summed E-state index contributed by atoms with van der Waals surface area (Å²) in [6, 6.07) is 7.74. The quantitative estimate of drug-likeness (QED) is 0.400. The molecule has 2 aromatic heterocycles. The first kappa shape index (κ1) is 17.0. The molecule has 0 saturated heterocycles. The van der Waals surface area contributed by atoms with Crippen molar-refractivity contribution in [3.8, 4) is 11.1 Å². The van der Waals surface area contributed by atoms with Crippen LogP contribution >= 0.6 is 34.5 Å². The summed E-state index contributed by atoms with van der Waals surface area (Å²) in [4.78, 5) is 11.8. The number of benzene rings is 1. The Hall–Kier alpha value is -1.88. The number of thiophene rings is 1. The van der Waals surface area contributed by atoms with Gasteiger partial charge in [0.2, 0.25) is 5.28 Å². The van der Waals surface area contributed by atoms with E-state index in [1.165, 1.54) is 0 Å². The van der Waals surface area contributed by atoms with E-state index in [9.17, 15) is 0 Å². The molecular formula is C18H15Cl2N3S. The lowest BCUT2D eigenvalue weighted by Crippen LogP contribution is -2.24. The summed E-state index contributed by atoms with van der Waals surface area (Å²) < 4.78 is 0. The minimum atomic E-state index is 0.236. The molecule has 24 heavy (non-hydrogen) atoms. The minimum absolute atomic E-state index is 0.236. The van der Waals surface area contributed by atoms with Gasteiger partial charge in [0, 0.05) is 29.1 Å². The van der Waals surface area contributed by atoms with Gasteiger partial charge >= 0.3 is 0 Å². The Bertz CT molecular complexity index is 877. The average Bonchev–Trinajstić information content (AvgIpc) is 2.98. The molecule has 6 heteroatoms. The summed E-state index contributed by atoms with van der Waals surface area (Å²) in [5.41, 5.74) is 2.13. The molecule has 3 rings (SSSR count). The molecule has 0 aliphatic carbocycles. The number of rotatable bonds is 6. The molecule has 0 radical (unpaired) electrons. The normalized spacial score (nSPS) is 10.8. The highest BCUT2D eigenvalue weighted by Gasteiger charge is 2.18. The lowest BCUT2D eigenvalue weighted by Gasteiger charge is -2.21. The van der Waals surface area contributed by atoms with Gasteiger partial charge in [0.15, 0.2) is 0 Å². The lowest BCUT2D eigenvalue weighted by atomic mass is 10.1. The third kappa shape index (κ3) is 3.31. The Morgan fingerprint density at radius 2 is 1.71 bits per heavy atom. The van der Waals surface area contributed by atoms with Crippen LogP contribution in [-0.4, -0.2) is 23.1 Å². The minimum Gasteiger partial charge on any atom is -0.348 e. The van der Waals surface area contributed by atoms with E-state index in [2.05, 4.69) is 33.4 Å². The van der Waals surface area contributed by atoms with Crippen molar-refractivity contribution in [2.45, 2.75) is 0 Å². The van der Waals surface area contributed by atoms with Gasteiger partial charge in [-0.2, -0.15) is 4.98 Å². The second-order valence-electron chi connectivity index (χ2n) is 5.14. The second kappa shape index (κ2) is 7.34. The van der Waals surface area contributed by atoms with Crippen LogP contribution in [0, 0.1) is 0 Å². The predicted molar refractivity (Wildman–Crippen MR) is 105 cm³/mol. The molecule has 0 saturated carbocycles. The Morgan fingerprint density at radius 3 is 2.33 bits per heavy atom. The topological polar surface area (TPSA) is 29.0 Å². The van der Waals surface area contributed by atoms with Crippen molar-refractivity contribution >= 4 is 50.6 Å². The van der Waals surface area contributed by atoms with Gasteiger partial charge in [-0.15, -0.1) is 24.5 Å². The molecule has 0 atom stereocenters. The smallest absolute Gasteiger partial charge is 0.225 e. The highest BCUT2D eigenvalue weighted by atomic mass is 35.5. The van der Waals surface area contributed by atoms with Gasteiger partial charge in [-0.25, -0.2) is 4.98 Å². The van der Waals surface area contributed by atoms with Crippen LogP contribution in [0.15, 0.2) is 55.0 Å². The van der Waals surface area contributed by atoms with E-state index < -0.39 is 0 Å². The Morgan fingerprint density at radius 1 is 1.04 bits per heavy atom. The first-order valence-electron chi connectivity index (χ1n) is 7.31. The van der Waals surface area contributed by atoms with Crippen molar-refractivity contribution < 1.29 is 0 Å². The van der Waals surface area contributed by atoms with Gasteiger partial charge in [-0.05, 0) is 29.3 Å². The summed E-state index contributed by atoms with van der Waals surface area (Å²) >= 11 is 13.7. The van der Waals surface area contributed by atoms with Gasteiger partial charge < -0.3 is 4.90 Å². The van der Waals surface area contributed by atoms with Crippen molar-refractivity contribution in [2.75, 3.05) is 18.0 Å². The van der Waals surface area contributed by atoms with Crippen LogP contribution in [-0.2, 0) is 0 Å². The molecule has 0 spiro atoms. The van der Waals surface area contributed by atoms with E-state index in [1.807, 2.05) is 36.4 Å². The monoisotopic (exact) mass is 375 g/mol. The van der Waals surface area contributed by atoms with Crippen molar-refractivity contribution in [3.05, 3.63) is 65.3 Å². The summed E-state index contributed by atoms with van der Waals surface area (Å²) in [6.45, 7) is 8.93. The molecule has 3 nitrogen and oxygen atoms in total. The molecule has 122 valence electrons. The number of hydrogen-bond acceptors (Lipinski definition) is 4. The van der Waals surface area contributed by atoms with Crippen LogP contribution in [0.2, 0.25) is 10.3 Å². The van der Waals surface area contributed by atoms with E-state index in [0.29, 0.717) is 18.1 Å². The third-order valence-corrected chi connectivity index (χ3v) is 4.83. The molecule has 2 heterocycles. The number of halogens is 2. The van der Waals surface area contributed by atoms with Crippen molar-refractivity contribution in [1.82, 2.24) is 9.97 Å². The van der Waals surface area contributed by atoms with E-state index >= 15 is 0 Å². The molecule has 0 aliphatic rings. The number of hydrogen-bond donors (Lipinski definition) is 0. The van der Waals surface area contributed by atoms with Crippen LogP contribution in [0.1, 0.15) is 0 Å². The van der Waals surface area contributed by atoms with Crippen LogP contribution in [0.25, 0.3) is 21.3 Å². The summed E-state index contributed by atoms with van der Waals surface area (Å²) in [5.74, 6) is 0.788. The maximum Gasteiger partial charge on any atom is 0.225 e. The van der Waals surface area contributed by atoms with Gasteiger partial charge in [-0.1, -0.05) is 35.9 Å². The zero-order valence-corrected chi connectivity index (χ0v) is 15.2.